The molecule has 1 aromatic rings. The van der Waals surface area contributed by atoms with Gasteiger partial charge in [0.05, 0.1) is 17.6 Å². The van der Waals surface area contributed by atoms with Crippen LogP contribution in [0.15, 0.2) is 18.2 Å². The first kappa shape index (κ1) is 13.4. The van der Waals surface area contributed by atoms with E-state index in [1.54, 1.807) is 6.07 Å². The van der Waals surface area contributed by atoms with Gasteiger partial charge in [-0.15, -0.1) is 0 Å². The molecule has 2 aliphatic rings. The van der Waals surface area contributed by atoms with Gasteiger partial charge in [0.2, 0.25) is 5.91 Å². The molecule has 5 heteroatoms. The molecule has 3 atom stereocenters. The average Bonchev–Trinajstić information content (AvgIpc) is 2.81. The van der Waals surface area contributed by atoms with Crippen LogP contribution in [0.4, 0.5) is 10.1 Å². The molecule has 2 aliphatic heterocycles. The zero-order chi connectivity index (χ0) is 14.3. The fourth-order valence-electron chi connectivity index (χ4n) is 3.29. The average molecular weight is 277 g/mol. The quantitative estimate of drug-likeness (QED) is 0.862. The molecule has 3 unspecified atom stereocenters. The van der Waals surface area contributed by atoms with Gasteiger partial charge >= 0.3 is 0 Å². The molecule has 20 heavy (non-hydrogen) atoms. The molecule has 2 fully saturated rings. The van der Waals surface area contributed by atoms with Crippen LogP contribution in [0.1, 0.15) is 31.4 Å². The minimum Gasteiger partial charge on any atom is -0.364 e. The van der Waals surface area contributed by atoms with Gasteiger partial charge in [0.15, 0.2) is 0 Å². The minimum atomic E-state index is -0.250. The van der Waals surface area contributed by atoms with Crippen molar-refractivity contribution in [3.63, 3.8) is 0 Å². The highest BCUT2D eigenvalue weighted by Gasteiger charge is 2.41. The highest BCUT2D eigenvalue weighted by Crippen LogP contribution is 2.33. The van der Waals surface area contributed by atoms with E-state index < -0.39 is 0 Å². The van der Waals surface area contributed by atoms with E-state index in [1.165, 1.54) is 6.07 Å². The molecule has 0 aromatic heterocycles. The molecular weight excluding hydrogens is 257 g/mol. The van der Waals surface area contributed by atoms with Gasteiger partial charge in [-0.3, -0.25) is 4.79 Å². The summed E-state index contributed by atoms with van der Waals surface area (Å²) < 4.78 is 14.3. The van der Waals surface area contributed by atoms with Crippen molar-refractivity contribution >= 4 is 11.6 Å². The number of hydrogen-bond acceptors (Lipinski definition) is 3. The number of nitrogens with zero attached hydrogens (tertiary/aromatic N) is 1. The number of carbonyl (C=O) groups is 1. The summed E-state index contributed by atoms with van der Waals surface area (Å²) in [5.41, 5.74) is 7.16. The summed E-state index contributed by atoms with van der Waals surface area (Å²) in [5, 5.41) is 2.89. The SMILES string of the molecule is CC(N)c1ccc(N2CCCC3C(=O)NCC32)c(F)c1. The number of amides is 1. The lowest BCUT2D eigenvalue weighted by molar-refractivity contribution is -0.123. The van der Waals surface area contributed by atoms with Gasteiger partial charge < -0.3 is 16.0 Å². The molecule has 3 N–H and O–H groups in total. The van der Waals surface area contributed by atoms with Crippen molar-refractivity contribution < 1.29 is 9.18 Å². The van der Waals surface area contributed by atoms with Gasteiger partial charge in [-0.25, -0.2) is 4.39 Å². The number of nitrogens with two attached hydrogens (primary N) is 1. The van der Waals surface area contributed by atoms with E-state index in [0.717, 1.165) is 24.9 Å². The highest BCUT2D eigenvalue weighted by atomic mass is 19.1. The Bertz CT molecular complexity index is 532. The maximum atomic E-state index is 14.3. The van der Waals surface area contributed by atoms with E-state index in [9.17, 15) is 9.18 Å². The largest absolute Gasteiger partial charge is 0.364 e. The Hall–Kier alpha value is -1.62. The molecule has 0 aliphatic carbocycles. The van der Waals surface area contributed by atoms with Crippen molar-refractivity contribution in [2.24, 2.45) is 11.7 Å². The molecule has 1 amide bonds. The normalized spacial score (nSPS) is 27.1. The van der Waals surface area contributed by atoms with Crippen molar-refractivity contribution in [1.29, 1.82) is 0 Å². The molecule has 3 rings (SSSR count). The van der Waals surface area contributed by atoms with Crippen molar-refractivity contribution in [2.45, 2.75) is 31.8 Å². The van der Waals surface area contributed by atoms with Crippen LogP contribution >= 0.6 is 0 Å². The fraction of sp³-hybridized carbons (Fsp3) is 0.533. The van der Waals surface area contributed by atoms with E-state index in [2.05, 4.69) is 5.32 Å². The van der Waals surface area contributed by atoms with Gasteiger partial charge in [0, 0.05) is 19.1 Å². The van der Waals surface area contributed by atoms with Crippen molar-refractivity contribution in [3.8, 4) is 0 Å². The van der Waals surface area contributed by atoms with Gasteiger partial charge in [-0.2, -0.15) is 0 Å². The van der Waals surface area contributed by atoms with Gasteiger partial charge in [-0.1, -0.05) is 6.07 Å². The van der Waals surface area contributed by atoms with E-state index in [-0.39, 0.29) is 29.7 Å². The smallest absolute Gasteiger partial charge is 0.225 e. The predicted octanol–water partition coefficient (Wildman–Crippen LogP) is 1.56. The second kappa shape index (κ2) is 5.05. The third-order valence-electron chi connectivity index (χ3n) is 4.41. The number of anilines is 1. The predicted molar refractivity (Wildman–Crippen MR) is 75.9 cm³/mol. The Labute approximate surface area is 118 Å². The summed E-state index contributed by atoms with van der Waals surface area (Å²) in [7, 11) is 0. The second-order valence-corrected chi connectivity index (χ2v) is 5.75. The van der Waals surface area contributed by atoms with Crippen LogP contribution in [0.2, 0.25) is 0 Å². The Morgan fingerprint density at radius 3 is 3.00 bits per heavy atom. The molecule has 0 spiro atoms. The molecule has 4 nitrogen and oxygen atoms in total. The van der Waals surface area contributed by atoms with Crippen LogP contribution in [0.25, 0.3) is 0 Å². The van der Waals surface area contributed by atoms with E-state index in [0.29, 0.717) is 12.2 Å². The van der Waals surface area contributed by atoms with Crippen molar-refractivity contribution in [3.05, 3.63) is 29.6 Å². The number of carbonyl (C=O) groups excluding carboxylic acids is 1. The molecule has 0 radical (unpaired) electrons. The van der Waals surface area contributed by atoms with E-state index in [4.69, 9.17) is 5.73 Å². The first-order chi connectivity index (χ1) is 9.58. The van der Waals surface area contributed by atoms with Gasteiger partial charge in [0.25, 0.3) is 0 Å². The first-order valence-electron chi connectivity index (χ1n) is 7.17. The lowest BCUT2D eigenvalue weighted by atomic mass is 9.91. The Morgan fingerprint density at radius 2 is 2.30 bits per heavy atom. The highest BCUT2D eigenvalue weighted by molar-refractivity contribution is 5.83. The standard InChI is InChI=1S/C15H20FN3O/c1-9(17)10-4-5-13(12(16)7-10)19-6-2-3-11-14(19)8-18-15(11)20/h4-5,7,9,11,14H,2-3,6,8,17H2,1H3,(H,18,20). The molecular formula is C15H20FN3O. The van der Waals surface area contributed by atoms with Crippen LogP contribution in [0.5, 0.6) is 0 Å². The Balaban J connectivity index is 1.90. The zero-order valence-corrected chi connectivity index (χ0v) is 11.6. The summed E-state index contributed by atoms with van der Waals surface area (Å²) in [6, 6.07) is 5.07. The Kier molecular flexibility index (Phi) is 3.38. The summed E-state index contributed by atoms with van der Waals surface area (Å²) in [6.45, 7) is 3.24. The third kappa shape index (κ3) is 2.16. The summed E-state index contributed by atoms with van der Waals surface area (Å²) >= 11 is 0. The first-order valence-corrected chi connectivity index (χ1v) is 7.17. The van der Waals surface area contributed by atoms with Crippen LogP contribution in [-0.2, 0) is 4.79 Å². The number of halogens is 1. The van der Waals surface area contributed by atoms with Crippen LogP contribution in [-0.4, -0.2) is 25.0 Å². The Morgan fingerprint density at radius 1 is 1.50 bits per heavy atom. The second-order valence-electron chi connectivity index (χ2n) is 5.75. The molecule has 0 bridgehead atoms. The number of piperidine rings is 1. The van der Waals surface area contributed by atoms with E-state index in [1.807, 2.05) is 17.9 Å². The van der Waals surface area contributed by atoms with Crippen LogP contribution in [0, 0.1) is 11.7 Å². The maximum Gasteiger partial charge on any atom is 0.225 e. The number of benzene rings is 1. The maximum absolute atomic E-state index is 14.3. The van der Waals surface area contributed by atoms with Gasteiger partial charge in [0.1, 0.15) is 5.82 Å². The molecule has 0 saturated carbocycles. The van der Waals surface area contributed by atoms with Gasteiger partial charge in [-0.05, 0) is 37.5 Å². The number of rotatable bonds is 2. The molecule has 2 heterocycles. The molecule has 1 aromatic carbocycles. The minimum absolute atomic E-state index is 0.00346. The topological polar surface area (TPSA) is 58.4 Å². The van der Waals surface area contributed by atoms with Crippen LogP contribution < -0.4 is 16.0 Å². The fourth-order valence-corrected chi connectivity index (χ4v) is 3.29. The lowest BCUT2D eigenvalue weighted by Crippen LogP contribution is -2.46. The summed E-state index contributed by atoms with van der Waals surface area (Å²) in [6.07, 6.45) is 1.82. The molecule has 108 valence electrons. The molecule has 2 saturated heterocycles. The number of hydrogen-bond donors (Lipinski definition) is 2. The third-order valence-corrected chi connectivity index (χ3v) is 4.41. The lowest BCUT2D eigenvalue weighted by Gasteiger charge is -2.38. The number of nitrogens with one attached hydrogen (secondary N) is 1. The summed E-state index contributed by atoms with van der Waals surface area (Å²) in [5.74, 6) is -0.150. The summed E-state index contributed by atoms with van der Waals surface area (Å²) in [4.78, 5) is 13.8. The number of fused-ring (bicyclic) bond motifs is 1. The zero-order valence-electron chi connectivity index (χ0n) is 11.6. The van der Waals surface area contributed by atoms with Crippen molar-refractivity contribution in [2.75, 3.05) is 18.0 Å². The monoisotopic (exact) mass is 277 g/mol. The van der Waals surface area contributed by atoms with Crippen LogP contribution in [0.3, 0.4) is 0 Å². The van der Waals surface area contributed by atoms with Crippen molar-refractivity contribution in [1.82, 2.24) is 5.32 Å². The van der Waals surface area contributed by atoms with E-state index >= 15 is 0 Å².